The zero-order valence-corrected chi connectivity index (χ0v) is 12.4. The minimum atomic E-state index is -0.241. The van der Waals surface area contributed by atoms with E-state index in [-0.39, 0.29) is 18.4 Å². The largest absolute Gasteiger partial charge is 0.332 e. The number of hydrogen-bond donors (Lipinski definition) is 1. The number of carbonyl (C=O) groups is 2. The highest BCUT2D eigenvalue weighted by Crippen LogP contribution is 2.22. The summed E-state index contributed by atoms with van der Waals surface area (Å²) in [7, 11) is 1.58. The summed E-state index contributed by atoms with van der Waals surface area (Å²) in [6, 6.07) is 12.4. The zero-order chi connectivity index (χ0) is 14.5. The first-order chi connectivity index (χ1) is 9.56. The van der Waals surface area contributed by atoms with E-state index in [1.165, 1.54) is 16.2 Å². The third-order valence-corrected chi connectivity index (χ3v) is 3.79. The third-order valence-electron chi connectivity index (χ3n) is 2.57. The van der Waals surface area contributed by atoms with Gasteiger partial charge < -0.3 is 10.2 Å². The maximum Gasteiger partial charge on any atom is 0.264 e. The van der Waals surface area contributed by atoms with Crippen molar-refractivity contribution in [3.05, 3.63) is 51.7 Å². The minimum Gasteiger partial charge on any atom is -0.332 e. The molecule has 0 atom stereocenters. The Hall–Kier alpha value is -1.85. The number of hydrogen-bond acceptors (Lipinski definition) is 3. The molecule has 4 nitrogen and oxygen atoms in total. The molecule has 6 heteroatoms. The van der Waals surface area contributed by atoms with Crippen LogP contribution in [0.25, 0.3) is 0 Å². The summed E-state index contributed by atoms with van der Waals surface area (Å²) >= 11 is 6.99. The van der Waals surface area contributed by atoms with Crippen LogP contribution in [0.2, 0.25) is 4.34 Å². The molecule has 1 aromatic carbocycles. The molecule has 1 N–H and O–H groups in total. The van der Waals surface area contributed by atoms with Gasteiger partial charge in [0.1, 0.15) is 0 Å². The predicted molar refractivity (Wildman–Crippen MR) is 81.4 cm³/mol. The average molecular weight is 309 g/mol. The third kappa shape index (κ3) is 3.82. The van der Waals surface area contributed by atoms with Crippen LogP contribution in [-0.2, 0) is 4.79 Å². The van der Waals surface area contributed by atoms with Crippen molar-refractivity contribution in [3.8, 4) is 0 Å². The molecule has 2 aromatic rings. The molecule has 0 spiro atoms. The Bertz CT molecular complexity index is 613. The average Bonchev–Trinajstić information content (AvgIpc) is 2.85. The van der Waals surface area contributed by atoms with Crippen LogP contribution in [-0.4, -0.2) is 30.3 Å². The van der Waals surface area contributed by atoms with E-state index >= 15 is 0 Å². The van der Waals surface area contributed by atoms with E-state index in [0.29, 0.717) is 14.9 Å². The smallest absolute Gasteiger partial charge is 0.264 e. The number of benzene rings is 1. The molecule has 0 bridgehead atoms. The summed E-state index contributed by atoms with van der Waals surface area (Å²) in [6.07, 6.45) is 0. The van der Waals surface area contributed by atoms with Crippen molar-refractivity contribution in [2.75, 3.05) is 18.9 Å². The van der Waals surface area contributed by atoms with Crippen molar-refractivity contribution in [2.45, 2.75) is 0 Å². The number of thiophene rings is 1. The highest BCUT2D eigenvalue weighted by molar-refractivity contribution is 7.17. The van der Waals surface area contributed by atoms with Crippen LogP contribution >= 0.6 is 22.9 Å². The lowest BCUT2D eigenvalue weighted by molar-refractivity contribution is -0.116. The molecule has 0 saturated heterocycles. The molecule has 0 aliphatic carbocycles. The summed E-state index contributed by atoms with van der Waals surface area (Å²) in [4.78, 5) is 25.8. The Labute approximate surface area is 126 Å². The minimum absolute atomic E-state index is 0.0107. The van der Waals surface area contributed by atoms with E-state index in [9.17, 15) is 9.59 Å². The van der Waals surface area contributed by atoms with E-state index in [0.717, 1.165) is 0 Å². The van der Waals surface area contributed by atoms with Gasteiger partial charge in [0.15, 0.2) is 0 Å². The molecular formula is C14H13ClN2O2S. The second-order valence-electron chi connectivity index (χ2n) is 4.18. The maximum atomic E-state index is 12.0. The first-order valence-electron chi connectivity index (χ1n) is 5.92. The lowest BCUT2D eigenvalue weighted by Crippen LogP contribution is -2.34. The van der Waals surface area contributed by atoms with Crippen molar-refractivity contribution < 1.29 is 9.59 Å². The summed E-state index contributed by atoms with van der Waals surface area (Å²) in [6.45, 7) is -0.0107. The van der Waals surface area contributed by atoms with Gasteiger partial charge in [-0.05, 0) is 24.3 Å². The van der Waals surface area contributed by atoms with Crippen LogP contribution in [0.1, 0.15) is 9.67 Å². The fourth-order valence-corrected chi connectivity index (χ4v) is 2.66. The number of anilines is 1. The van der Waals surface area contributed by atoms with Crippen LogP contribution in [0.5, 0.6) is 0 Å². The zero-order valence-electron chi connectivity index (χ0n) is 10.8. The van der Waals surface area contributed by atoms with Crippen molar-refractivity contribution in [1.82, 2.24) is 4.90 Å². The molecule has 1 aromatic heterocycles. The molecule has 20 heavy (non-hydrogen) atoms. The highest BCUT2D eigenvalue weighted by Gasteiger charge is 2.16. The standard InChI is InChI=1S/C14H13ClN2O2S/c1-17(14(19)11-7-8-12(15)20-11)9-13(18)16-10-5-3-2-4-6-10/h2-8H,9H2,1H3,(H,16,18). The lowest BCUT2D eigenvalue weighted by atomic mass is 10.3. The Morgan fingerprint density at radius 2 is 1.90 bits per heavy atom. The van der Waals surface area contributed by atoms with Gasteiger partial charge >= 0.3 is 0 Å². The monoisotopic (exact) mass is 308 g/mol. The number of likely N-dealkylation sites (N-methyl/N-ethyl adjacent to an activating group) is 1. The normalized spacial score (nSPS) is 10.1. The number of halogens is 1. The second kappa shape index (κ2) is 6.54. The predicted octanol–water partition coefficient (Wildman–Crippen LogP) is 3.11. The molecule has 0 saturated carbocycles. The van der Waals surface area contributed by atoms with Gasteiger partial charge in [-0.1, -0.05) is 29.8 Å². The number of nitrogens with zero attached hydrogens (tertiary/aromatic N) is 1. The van der Waals surface area contributed by atoms with Gasteiger partial charge in [-0.25, -0.2) is 0 Å². The first-order valence-corrected chi connectivity index (χ1v) is 7.11. The summed E-state index contributed by atoms with van der Waals surface area (Å²) in [5, 5.41) is 2.73. The molecule has 0 aliphatic heterocycles. The highest BCUT2D eigenvalue weighted by atomic mass is 35.5. The fraction of sp³-hybridized carbons (Fsp3) is 0.143. The maximum absolute atomic E-state index is 12.0. The van der Waals surface area contributed by atoms with Crippen molar-refractivity contribution in [3.63, 3.8) is 0 Å². The van der Waals surface area contributed by atoms with Gasteiger partial charge in [0.2, 0.25) is 5.91 Å². The van der Waals surface area contributed by atoms with Crippen LogP contribution < -0.4 is 5.32 Å². The number of amides is 2. The fourth-order valence-electron chi connectivity index (χ4n) is 1.63. The SMILES string of the molecule is CN(CC(=O)Nc1ccccc1)C(=O)c1ccc(Cl)s1. The molecular weight excluding hydrogens is 296 g/mol. The first kappa shape index (κ1) is 14.6. The van der Waals surface area contributed by atoms with E-state index in [1.807, 2.05) is 18.2 Å². The quantitative estimate of drug-likeness (QED) is 0.943. The molecule has 2 rings (SSSR count). The van der Waals surface area contributed by atoms with Crippen LogP contribution in [0.3, 0.4) is 0 Å². The van der Waals surface area contributed by atoms with Crippen molar-refractivity contribution in [1.29, 1.82) is 0 Å². The number of rotatable bonds is 4. The van der Waals surface area contributed by atoms with Gasteiger partial charge in [-0.3, -0.25) is 9.59 Å². The van der Waals surface area contributed by atoms with E-state index < -0.39 is 0 Å². The second-order valence-corrected chi connectivity index (χ2v) is 5.89. The van der Waals surface area contributed by atoms with E-state index in [4.69, 9.17) is 11.6 Å². The molecule has 104 valence electrons. The molecule has 0 radical (unpaired) electrons. The van der Waals surface area contributed by atoms with Crippen LogP contribution in [0.4, 0.5) is 5.69 Å². The van der Waals surface area contributed by atoms with Gasteiger partial charge in [0, 0.05) is 12.7 Å². The summed E-state index contributed by atoms with van der Waals surface area (Å²) in [5.41, 5.74) is 0.706. The summed E-state index contributed by atoms with van der Waals surface area (Å²) in [5.74, 6) is -0.459. The lowest BCUT2D eigenvalue weighted by Gasteiger charge is -2.15. The number of para-hydroxylation sites is 1. The number of carbonyl (C=O) groups excluding carboxylic acids is 2. The Morgan fingerprint density at radius 1 is 1.20 bits per heavy atom. The van der Waals surface area contributed by atoms with E-state index in [1.54, 1.807) is 31.3 Å². The van der Waals surface area contributed by atoms with Crippen LogP contribution in [0.15, 0.2) is 42.5 Å². The van der Waals surface area contributed by atoms with Gasteiger partial charge in [0.05, 0.1) is 15.8 Å². The Kier molecular flexibility index (Phi) is 4.76. The molecule has 0 fully saturated rings. The molecule has 1 heterocycles. The summed E-state index contributed by atoms with van der Waals surface area (Å²) < 4.78 is 0.551. The van der Waals surface area contributed by atoms with Gasteiger partial charge in [-0.2, -0.15) is 0 Å². The molecule has 2 amide bonds. The Balaban J connectivity index is 1.92. The van der Waals surface area contributed by atoms with Gasteiger partial charge in [0.25, 0.3) is 5.91 Å². The topological polar surface area (TPSA) is 49.4 Å². The molecule has 0 unspecified atom stereocenters. The van der Waals surface area contributed by atoms with Gasteiger partial charge in [-0.15, -0.1) is 11.3 Å². The van der Waals surface area contributed by atoms with E-state index in [2.05, 4.69) is 5.32 Å². The van der Waals surface area contributed by atoms with Crippen LogP contribution in [0, 0.1) is 0 Å². The van der Waals surface area contributed by atoms with Crippen molar-refractivity contribution >= 4 is 40.4 Å². The van der Waals surface area contributed by atoms with Crippen molar-refractivity contribution in [2.24, 2.45) is 0 Å². The number of nitrogens with one attached hydrogen (secondary N) is 1. The Morgan fingerprint density at radius 3 is 2.50 bits per heavy atom. The molecule has 0 aliphatic rings.